The van der Waals surface area contributed by atoms with Crippen molar-refractivity contribution in [2.45, 2.75) is 85.0 Å². The molecule has 1 aliphatic heterocycles. The fourth-order valence-electron chi connectivity index (χ4n) is 8.55. The van der Waals surface area contributed by atoms with Gasteiger partial charge in [0.25, 0.3) is 0 Å². The van der Waals surface area contributed by atoms with Gasteiger partial charge in [0.15, 0.2) is 5.78 Å². The lowest BCUT2D eigenvalue weighted by Gasteiger charge is -2.58. The van der Waals surface area contributed by atoms with Crippen LogP contribution in [0.4, 0.5) is 0 Å². The third-order valence-electron chi connectivity index (χ3n) is 10.4. The van der Waals surface area contributed by atoms with Crippen molar-refractivity contribution in [1.82, 2.24) is 5.32 Å². The highest BCUT2D eigenvalue weighted by Gasteiger charge is 2.59. The van der Waals surface area contributed by atoms with Crippen LogP contribution < -0.4 is 5.32 Å². The predicted octanol–water partition coefficient (Wildman–Crippen LogP) is 5.48. The molecule has 6 heteroatoms. The first-order chi connectivity index (χ1) is 15.3. The number of fused-ring (bicyclic) bond motifs is 5. The summed E-state index contributed by atoms with van der Waals surface area (Å²) in [5, 5.41) is 7.68. The summed E-state index contributed by atoms with van der Waals surface area (Å²) in [7, 11) is 0. The van der Waals surface area contributed by atoms with E-state index in [1.165, 1.54) is 31.3 Å². The molecule has 184 valence electrons. The maximum Gasteiger partial charge on any atom is 0.339 e. The van der Waals surface area contributed by atoms with Crippen molar-refractivity contribution in [3.8, 4) is 0 Å². The Morgan fingerprint density at radius 2 is 1.91 bits per heavy atom. The van der Waals surface area contributed by atoms with Crippen LogP contribution in [0.1, 0.15) is 85.0 Å². The van der Waals surface area contributed by atoms with Crippen LogP contribution in [-0.4, -0.2) is 30.6 Å². The van der Waals surface area contributed by atoms with Gasteiger partial charge in [-0.25, -0.2) is 4.79 Å². The fourth-order valence-corrected chi connectivity index (χ4v) is 8.55. The van der Waals surface area contributed by atoms with Crippen LogP contribution in [0.15, 0.2) is 16.8 Å². The average molecular weight is 477 g/mol. The highest BCUT2D eigenvalue weighted by molar-refractivity contribution is 5.91. The van der Waals surface area contributed by atoms with E-state index < -0.39 is 0 Å². The Kier molecular flexibility index (Phi) is 7.13. The lowest BCUT2D eigenvalue weighted by molar-refractivity contribution is -0.149. The Hall–Kier alpha value is -1.20. The number of hydrogen-bond acceptors (Lipinski definition) is 5. The highest BCUT2D eigenvalue weighted by Crippen LogP contribution is 2.66. The topological polar surface area (TPSA) is 67.8 Å². The normalized spacial score (nSPS) is 42.9. The molecule has 0 aromatic rings. The van der Waals surface area contributed by atoms with Gasteiger partial charge in [0.1, 0.15) is 0 Å². The molecule has 1 N–H and O–H groups in total. The number of piperidine rings is 1. The lowest BCUT2D eigenvalue weighted by atomic mass is 9.46. The van der Waals surface area contributed by atoms with Gasteiger partial charge in [-0.2, -0.15) is 0 Å². The smallest absolute Gasteiger partial charge is 0.318 e. The maximum absolute atomic E-state index is 12.5. The van der Waals surface area contributed by atoms with Crippen molar-refractivity contribution in [2.75, 3.05) is 13.1 Å². The summed E-state index contributed by atoms with van der Waals surface area (Å²) in [5.41, 5.74) is 2.92. The van der Waals surface area contributed by atoms with Gasteiger partial charge < -0.3 is 10.2 Å². The Morgan fingerprint density at radius 3 is 2.67 bits per heavy atom. The minimum Gasteiger partial charge on any atom is -0.318 e. The van der Waals surface area contributed by atoms with E-state index in [0.29, 0.717) is 30.1 Å². The molecule has 33 heavy (non-hydrogen) atoms. The van der Waals surface area contributed by atoms with Gasteiger partial charge in [0.2, 0.25) is 0 Å². The van der Waals surface area contributed by atoms with Gasteiger partial charge in [0.05, 0.1) is 11.6 Å². The molecule has 1 saturated heterocycles. The van der Waals surface area contributed by atoms with Gasteiger partial charge in [-0.1, -0.05) is 24.6 Å². The van der Waals surface area contributed by atoms with Crippen molar-refractivity contribution in [3.05, 3.63) is 11.6 Å². The molecule has 0 radical (unpaired) electrons. The molecule has 4 fully saturated rings. The quantitative estimate of drug-likeness (QED) is 0.333. The van der Waals surface area contributed by atoms with Gasteiger partial charge in [-0.15, -0.1) is 12.4 Å². The zero-order valence-corrected chi connectivity index (χ0v) is 21.3. The van der Waals surface area contributed by atoms with Crippen LogP contribution in [0.5, 0.6) is 0 Å². The summed E-state index contributed by atoms with van der Waals surface area (Å²) < 4.78 is 0. The van der Waals surface area contributed by atoms with E-state index in [2.05, 4.69) is 31.2 Å². The molecule has 5 rings (SSSR count). The molecule has 0 unspecified atom stereocenters. The number of halogens is 1. The molecule has 7 atom stereocenters. The van der Waals surface area contributed by atoms with Crippen LogP contribution >= 0.6 is 12.4 Å². The molecule has 5 aliphatic rings. The van der Waals surface area contributed by atoms with Crippen molar-refractivity contribution >= 4 is 29.9 Å². The van der Waals surface area contributed by atoms with E-state index in [4.69, 9.17) is 4.84 Å². The first-order valence-electron chi connectivity index (χ1n) is 13.0. The molecule has 0 aromatic carbocycles. The molecular formula is C27H41ClN2O3. The Morgan fingerprint density at radius 1 is 1.09 bits per heavy atom. The second kappa shape index (κ2) is 9.45. The molecule has 0 amide bonds. The monoisotopic (exact) mass is 476 g/mol. The predicted molar refractivity (Wildman–Crippen MR) is 132 cm³/mol. The number of rotatable bonds is 3. The molecule has 0 aromatic heterocycles. The number of hydrogen-bond donors (Lipinski definition) is 1. The van der Waals surface area contributed by atoms with Crippen molar-refractivity contribution in [2.24, 2.45) is 45.6 Å². The first kappa shape index (κ1) is 24.9. The van der Waals surface area contributed by atoms with Crippen LogP contribution in [0, 0.1) is 40.4 Å². The molecule has 1 heterocycles. The van der Waals surface area contributed by atoms with Gasteiger partial charge in [0, 0.05) is 18.9 Å². The SMILES string of the molecule is C/C(=N\OC(=O)[C@@H]1CCCNC1)[C@H]1CC[C@H]2[C@@H]3CCC4=CC(=O)CC[C@]4(C)[C@H]3CC[C@]12C.Cl. The molecule has 5 nitrogen and oxygen atoms in total. The Balaban J connectivity index is 0.00000259. The van der Waals surface area contributed by atoms with Crippen LogP contribution in [0.3, 0.4) is 0 Å². The van der Waals surface area contributed by atoms with Crippen molar-refractivity contribution in [3.63, 3.8) is 0 Å². The summed E-state index contributed by atoms with van der Waals surface area (Å²) in [6, 6.07) is 0. The molecule has 3 saturated carbocycles. The number of nitrogens with one attached hydrogen (secondary N) is 1. The van der Waals surface area contributed by atoms with Crippen LogP contribution in [0.25, 0.3) is 0 Å². The van der Waals surface area contributed by atoms with Gasteiger partial charge in [-0.05, 0) is 106 Å². The summed E-state index contributed by atoms with van der Waals surface area (Å²) in [5.74, 6) is 2.68. The number of oxime groups is 1. The third-order valence-corrected chi connectivity index (χ3v) is 10.4. The summed E-state index contributed by atoms with van der Waals surface area (Å²) >= 11 is 0. The van der Waals surface area contributed by atoms with E-state index in [-0.39, 0.29) is 35.1 Å². The minimum atomic E-state index is -0.175. The first-order valence-corrected chi connectivity index (χ1v) is 13.0. The largest absolute Gasteiger partial charge is 0.339 e. The van der Waals surface area contributed by atoms with E-state index >= 15 is 0 Å². The molecule has 0 spiro atoms. The summed E-state index contributed by atoms with van der Waals surface area (Å²) in [6.45, 7) is 8.70. The fraction of sp³-hybridized carbons (Fsp3) is 0.815. The van der Waals surface area contributed by atoms with Crippen LogP contribution in [-0.2, 0) is 14.4 Å². The highest BCUT2D eigenvalue weighted by atomic mass is 35.5. The molecule has 4 aliphatic carbocycles. The Bertz CT molecular complexity index is 848. The summed E-state index contributed by atoms with van der Waals surface area (Å²) in [4.78, 5) is 30.0. The van der Waals surface area contributed by atoms with E-state index in [1.54, 1.807) is 0 Å². The van der Waals surface area contributed by atoms with E-state index in [9.17, 15) is 9.59 Å². The number of ketones is 1. The van der Waals surface area contributed by atoms with E-state index in [1.807, 2.05) is 6.08 Å². The standard InChI is InChI=1S/C27H40N2O3.ClH/c1-17(29-32-25(31)18-5-4-14-28-16-18)22-8-9-23-21-7-6-19-15-20(30)10-12-26(19,2)24(21)11-13-27(22,23)3;/h15,18,21-24,28H,4-14,16H2,1-3H3;1H/b29-17+;/t18-,21+,22-,23+,24+,26+,27-;/m1./s1. The van der Waals surface area contributed by atoms with Crippen molar-refractivity contribution in [1.29, 1.82) is 0 Å². The van der Waals surface area contributed by atoms with E-state index in [0.717, 1.165) is 56.7 Å². The number of nitrogens with zero attached hydrogens (tertiary/aromatic N) is 1. The maximum atomic E-state index is 12.5. The van der Waals surface area contributed by atoms with Crippen LogP contribution in [0.2, 0.25) is 0 Å². The minimum absolute atomic E-state index is 0. The van der Waals surface area contributed by atoms with Gasteiger partial charge in [-0.3, -0.25) is 4.79 Å². The van der Waals surface area contributed by atoms with Gasteiger partial charge >= 0.3 is 5.97 Å². The zero-order valence-electron chi connectivity index (χ0n) is 20.5. The Labute approximate surface area is 204 Å². The molecular weight excluding hydrogens is 436 g/mol. The zero-order chi connectivity index (χ0) is 22.5. The third kappa shape index (κ3) is 4.22. The number of carbonyl (C=O) groups excluding carboxylic acids is 2. The average Bonchev–Trinajstić information content (AvgIpc) is 3.15. The second-order valence-electron chi connectivity index (χ2n) is 11.8. The molecule has 0 bridgehead atoms. The second-order valence-corrected chi connectivity index (χ2v) is 11.8. The number of allylic oxidation sites excluding steroid dienone is 1. The summed E-state index contributed by atoms with van der Waals surface area (Å²) in [6.07, 6.45) is 12.9. The lowest BCUT2D eigenvalue weighted by Crippen LogP contribution is -2.51. The number of carbonyl (C=O) groups is 2. The van der Waals surface area contributed by atoms with Crippen molar-refractivity contribution < 1.29 is 14.4 Å².